The maximum absolute atomic E-state index is 15.1. The number of fused-ring (bicyclic) bond motifs is 1. The molecule has 5 rings (SSSR count). The fraction of sp³-hybridized carbons (Fsp3) is 0.323. The third kappa shape index (κ3) is 6.31. The topological polar surface area (TPSA) is 88.6 Å². The highest BCUT2D eigenvalue weighted by molar-refractivity contribution is 5.96. The number of amides is 1. The Bertz CT molecular complexity index is 1480. The second-order valence-electron chi connectivity index (χ2n) is 10.2. The number of hydrogen-bond acceptors (Lipinski definition) is 7. The first-order valence-corrected chi connectivity index (χ1v) is 13.5. The van der Waals surface area contributed by atoms with Gasteiger partial charge >= 0.3 is 0 Å². The normalized spacial score (nSPS) is 15.0. The second-order valence-corrected chi connectivity index (χ2v) is 10.2. The van der Waals surface area contributed by atoms with Crippen LogP contribution in [0.15, 0.2) is 67.0 Å². The smallest absolute Gasteiger partial charge is 0.231 e. The van der Waals surface area contributed by atoms with Crippen LogP contribution in [0.25, 0.3) is 10.9 Å². The molecule has 1 aromatic heterocycles. The van der Waals surface area contributed by atoms with E-state index >= 15 is 4.39 Å². The number of aromatic nitrogens is 2. The Kier molecular flexibility index (Phi) is 8.40. The van der Waals surface area contributed by atoms with Crippen LogP contribution < -0.4 is 20.1 Å². The molecule has 0 radical (unpaired) electrons. The first-order valence-electron chi connectivity index (χ1n) is 13.5. The Morgan fingerprint density at radius 1 is 1.07 bits per heavy atom. The predicted octanol–water partition coefficient (Wildman–Crippen LogP) is 5.98. The zero-order valence-corrected chi connectivity index (χ0v) is 23.0. The van der Waals surface area contributed by atoms with E-state index in [0.717, 1.165) is 31.5 Å². The molecule has 3 aromatic carbocycles. The number of ether oxygens (including phenoxy) is 2. The van der Waals surface area contributed by atoms with E-state index < -0.39 is 5.82 Å². The molecule has 1 amide bonds. The van der Waals surface area contributed by atoms with Crippen molar-refractivity contribution < 1.29 is 18.7 Å². The lowest BCUT2D eigenvalue weighted by Crippen LogP contribution is -2.32. The van der Waals surface area contributed by atoms with Gasteiger partial charge in [-0.05, 0) is 75.6 Å². The number of methoxy groups -OCH3 is 1. The predicted molar refractivity (Wildman–Crippen MR) is 155 cm³/mol. The number of carbonyl (C=O) groups excluding carboxylic acids is 1. The molecule has 208 valence electrons. The van der Waals surface area contributed by atoms with Crippen LogP contribution in [0.5, 0.6) is 11.5 Å². The van der Waals surface area contributed by atoms with Crippen LogP contribution in [0.1, 0.15) is 31.2 Å². The van der Waals surface area contributed by atoms with Crippen molar-refractivity contribution in [2.24, 2.45) is 5.92 Å². The Balaban J connectivity index is 1.30. The van der Waals surface area contributed by atoms with Gasteiger partial charge in [0, 0.05) is 17.1 Å². The van der Waals surface area contributed by atoms with E-state index in [1.54, 1.807) is 25.3 Å². The molecule has 1 aliphatic heterocycles. The fourth-order valence-corrected chi connectivity index (χ4v) is 4.84. The summed E-state index contributed by atoms with van der Waals surface area (Å²) in [5.74, 6) is 0.993. The minimum atomic E-state index is -0.526. The Labute approximate surface area is 233 Å². The van der Waals surface area contributed by atoms with Crippen molar-refractivity contribution in [1.82, 2.24) is 14.9 Å². The highest BCUT2D eigenvalue weighted by Gasteiger charge is 2.20. The summed E-state index contributed by atoms with van der Waals surface area (Å²) in [6, 6.07) is 17.6. The maximum Gasteiger partial charge on any atom is 0.231 e. The first kappa shape index (κ1) is 27.3. The van der Waals surface area contributed by atoms with Crippen LogP contribution in [0.3, 0.4) is 0 Å². The Morgan fingerprint density at radius 2 is 1.85 bits per heavy atom. The average Bonchev–Trinajstić information content (AvgIpc) is 2.98. The van der Waals surface area contributed by atoms with E-state index in [0.29, 0.717) is 46.4 Å². The minimum absolute atomic E-state index is 0.214. The highest BCUT2D eigenvalue weighted by atomic mass is 19.1. The zero-order chi connectivity index (χ0) is 28.1. The van der Waals surface area contributed by atoms with Crippen molar-refractivity contribution in [2.45, 2.75) is 25.7 Å². The third-order valence-corrected chi connectivity index (χ3v) is 7.42. The van der Waals surface area contributed by atoms with Crippen molar-refractivity contribution in [3.63, 3.8) is 0 Å². The standard InChI is InChI=1S/C31H34FN5O3/c1-20(22-7-5-4-6-8-22)31(38)35-23-9-10-26(25(32)15-23)36-30-24-16-28(39-3)29(17-27(24)33-19-34-30)40-18-21-11-13-37(2)14-12-21/h4-10,15-17,19-21H,11-14,18H2,1-3H3,(H,35,38)(H,33,34,36). The molecule has 2 heterocycles. The summed E-state index contributed by atoms with van der Waals surface area (Å²) in [5.41, 5.74) is 2.13. The molecule has 1 aliphatic rings. The molecule has 0 aliphatic carbocycles. The van der Waals surface area contributed by atoms with E-state index in [-0.39, 0.29) is 17.5 Å². The van der Waals surface area contributed by atoms with Gasteiger partial charge in [-0.15, -0.1) is 0 Å². The lowest BCUT2D eigenvalue weighted by atomic mass is 9.98. The first-order chi connectivity index (χ1) is 19.4. The van der Waals surface area contributed by atoms with Crippen molar-refractivity contribution in [3.8, 4) is 11.5 Å². The van der Waals surface area contributed by atoms with Crippen LogP contribution in [0.2, 0.25) is 0 Å². The minimum Gasteiger partial charge on any atom is -0.493 e. The molecule has 40 heavy (non-hydrogen) atoms. The van der Waals surface area contributed by atoms with Gasteiger partial charge in [0.1, 0.15) is 18.0 Å². The summed E-state index contributed by atoms with van der Waals surface area (Å²) in [6.45, 7) is 4.57. The van der Waals surface area contributed by atoms with E-state index in [9.17, 15) is 4.79 Å². The van der Waals surface area contributed by atoms with E-state index in [4.69, 9.17) is 9.47 Å². The quantitative estimate of drug-likeness (QED) is 0.268. The second kappa shape index (κ2) is 12.3. The third-order valence-electron chi connectivity index (χ3n) is 7.42. The molecule has 1 fully saturated rings. The van der Waals surface area contributed by atoms with Crippen molar-refractivity contribution in [3.05, 3.63) is 78.4 Å². The number of nitrogens with one attached hydrogen (secondary N) is 2. The number of hydrogen-bond donors (Lipinski definition) is 2. The largest absolute Gasteiger partial charge is 0.493 e. The van der Waals surface area contributed by atoms with Crippen LogP contribution in [0.4, 0.5) is 21.6 Å². The molecular formula is C31H34FN5O3. The average molecular weight is 544 g/mol. The van der Waals surface area contributed by atoms with Gasteiger partial charge in [0.25, 0.3) is 0 Å². The van der Waals surface area contributed by atoms with Crippen LogP contribution in [-0.4, -0.2) is 54.6 Å². The van der Waals surface area contributed by atoms with Gasteiger partial charge in [-0.2, -0.15) is 0 Å². The van der Waals surface area contributed by atoms with Gasteiger partial charge in [-0.1, -0.05) is 30.3 Å². The lowest BCUT2D eigenvalue weighted by Gasteiger charge is -2.28. The van der Waals surface area contributed by atoms with Crippen LogP contribution in [-0.2, 0) is 4.79 Å². The maximum atomic E-state index is 15.1. The number of likely N-dealkylation sites (tertiary alicyclic amines) is 1. The fourth-order valence-electron chi connectivity index (χ4n) is 4.84. The summed E-state index contributed by atoms with van der Waals surface area (Å²) in [7, 11) is 3.73. The van der Waals surface area contributed by atoms with Gasteiger partial charge < -0.3 is 25.0 Å². The highest BCUT2D eigenvalue weighted by Crippen LogP contribution is 2.36. The Hall–Kier alpha value is -4.24. The SMILES string of the molecule is COc1cc2c(Nc3ccc(NC(=O)C(C)c4ccccc4)cc3F)ncnc2cc1OCC1CCN(C)CC1. The number of nitrogens with zero attached hydrogens (tertiary/aromatic N) is 3. The molecule has 9 heteroatoms. The van der Waals surface area contributed by atoms with Crippen molar-refractivity contribution >= 4 is 34.0 Å². The van der Waals surface area contributed by atoms with Crippen molar-refractivity contribution in [1.29, 1.82) is 0 Å². The molecule has 1 saturated heterocycles. The lowest BCUT2D eigenvalue weighted by molar-refractivity contribution is -0.117. The molecule has 0 saturated carbocycles. The van der Waals surface area contributed by atoms with Crippen LogP contribution >= 0.6 is 0 Å². The summed E-state index contributed by atoms with van der Waals surface area (Å²) in [5, 5.41) is 6.52. The summed E-state index contributed by atoms with van der Waals surface area (Å²) in [4.78, 5) is 23.8. The monoisotopic (exact) mass is 543 g/mol. The molecule has 1 unspecified atom stereocenters. The van der Waals surface area contributed by atoms with Crippen LogP contribution in [0, 0.1) is 11.7 Å². The van der Waals surface area contributed by atoms with Gasteiger partial charge in [-0.3, -0.25) is 4.79 Å². The van der Waals surface area contributed by atoms with E-state index in [1.165, 1.54) is 12.4 Å². The number of carbonyl (C=O) groups is 1. The number of benzene rings is 3. The zero-order valence-electron chi connectivity index (χ0n) is 23.0. The number of piperidine rings is 1. The van der Waals surface area contributed by atoms with Crippen molar-refractivity contribution in [2.75, 3.05) is 44.5 Å². The van der Waals surface area contributed by atoms with E-state index in [2.05, 4.69) is 32.5 Å². The van der Waals surface area contributed by atoms with Gasteiger partial charge in [0.05, 0.1) is 30.8 Å². The van der Waals surface area contributed by atoms with Gasteiger partial charge in [0.2, 0.25) is 5.91 Å². The molecular weight excluding hydrogens is 509 g/mol. The van der Waals surface area contributed by atoms with E-state index in [1.807, 2.05) is 43.3 Å². The molecule has 4 aromatic rings. The molecule has 0 spiro atoms. The molecule has 8 nitrogen and oxygen atoms in total. The molecule has 0 bridgehead atoms. The number of rotatable bonds is 9. The van der Waals surface area contributed by atoms with Gasteiger partial charge in [-0.25, -0.2) is 14.4 Å². The molecule has 1 atom stereocenters. The number of anilines is 3. The number of halogens is 1. The van der Waals surface area contributed by atoms with Gasteiger partial charge in [0.15, 0.2) is 11.5 Å². The Morgan fingerprint density at radius 3 is 2.58 bits per heavy atom. The molecule has 2 N–H and O–H groups in total. The summed E-state index contributed by atoms with van der Waals surface area (Å²) < 4.78 is 26.9. The summed E-state index contributed by atoms with van der Waals surface area (Å²) >= 11 is 0. The summed E-state index contributed by atoms with van der Waals surface area (Å²) in [6.07, 6.45) is 3.63.